The van der Waals surface area contributed by atoms with Crippen molar-refractivity contribution < 1.29 is 14.3 Å². The van der Waals surface area contributed by atoms with Crippen molar-refractivity contribution in [2.24, 2.45) is 5.92 Å². The molecule has 0 saturated heterocycles. The zero-order valence-electron chi connectivity index (χ0n) is 22.4. The summed E-state index contributed by atoms with van der Waals surface area (Å²) >= 11 is 0. The minimum Gasteiger partial charge on any atom is -0.494 e. The van der Waals surface area contributed by atoms with E-state index < -0.39 is 0 Å². The maximum absolute atomic E-state index is 13.7. The second-order valence-electron chi connectivity index (χ2n) is 10.1. The fourth-order valence-electron chi connectivity index (χ4n) is 5.27. The fourth-order valence-corrected chi connectivity index (χ4v) is 5.27. The Bertz CT molecular complexity index is 1150. The number of carbonyl (C=O) groups excluding carboxylic acids is 2. The van der Waals surface area contributed by atoms with Crippen molar-refractivity contribution in [3.63, 3.8) is 0 Å². The van der Waals surface area contributed by atoms with Gasteiger partial charge in [0.1, 0.15) is 5.75 Å². The predicted molar refractivity (Wildman–Crippen MR) is 148 cm³/mol. The van der Waals surface area contributed by atoms with Gasteiger partial charge in [0.2, 0.25) is 11.8 Å². The minimum atomic E-state index is 0.0103. The maximum atomic E-state index is 13.7. The molecule has 0 unspecified atom stereocenters. The summed E-state index contributed by atoms with van der Waals surface area (Å²) < 4.78 is 5.59. The normalized spacial score (nSPS) is 13.7. The molecular weight excluding hydrogens is 462 g/mol. The number of aromatic nitrogens is 1. The fraction of sp³-hybridized carbons (Fsp3) is 0.484. The number of ether oxygens (including phenoxy) is 1. The van der Waals surface area contributed by atoms with Crippen LogP contribution in [0.3, 0.4) is 0 Å². The molecule has 3 aromatic rings. The van der Waals surface area contributed by atoms with E-state index in [1.165, 1.54) is 10.9 Å². The topological polar surface area (TPSA) is 65.6 Å². The molecule has 198 valence electrons. The van der Waals surface area contributed by atoms with Crippen LogP contribution in [0.4, 0.5) is 0 Å². The van der Waals surface area contributed by atoms with Gasteiger partial charge in [-0.05, 0) is 61.9 Å². The van der Waals surface area contributed by atoms with Gasteiger partial charge in [-0.2, -0.15) is 0 Å². The lowest BCUT2D eigenvalue weighted by Crippen LogP contribution is -2.45. The van der Waals surface area contributed by atoms with E-state index in [2.05, 4.69) is 24.0 Å². The molecule has 4 rings (SSSR count). The number of para-hydroxylation sites is 1. The summed E-state index contributed by atoms with van der Waals surface area (Å²) in [5.41, 5.74) is 3.36. The number of aromatic amines is 1. The first-order valence-corrected chi connectivity index (χ1v) is 13.9. The van der Waals surface area contributed by atoms with Crippen molar-refractivity contribution in [1.29, 1.82) is 0 Å². The second-order valence-corrected chi connectivity index (χ2v) is 10.1. The molecule has 37 heavy (non-hydrogen) atoms. The largest absolute Gasteiger partial charge is 0.494 e. The molecule has 2 amide bonds. The van der Waals surface area contributed by atoms with E-state index in [0.29, 0.717) is 26.2 Å². The molecular formula is C31H41N3O3. The van der Waals surface area contributed by atoms with Gasteiger partial charge in [0.15, 0.2) is 0 Å². The number of unbranched alkanes of at least 4 members (excludes halogenated alkanes) is 1. The van der Waals surface area contributed by atoms with Gasteiger partial charge in [-0.15, -0.1) is 0 Å². The van der Waals surface area contributed by atoms with Crippen LogP contribution in [0.25, 0.3) is 10.9 Å². The lowest BCUT2D eigenvalue weighted by atomic mass is 10.1. The van der Waals surface area contributed by atoms with Gasteiger partial charge in [0, 0.05) is 42.7 Å². The SMILES string of the molecule is CCCCN(CC(=O)N(CCc1c[nH]c2ccccc12)Cc1ccc(OCC)cc1)C(=O)C1CCCC1. The Morgan fingerprint density at radius 3 is 2.46 bits per heavy atom. The number of nitrogens with zero attached hydrogens (tertiary/aromatic N) is 2. The lowest BCUT2D eigenvalue weighted by molar-refractivity contribution is -0.143. The van der Waals surface area contributed by atoms with E-state index in [0.717, 1.165) is 61.8 Å². The molecule has 1 aliphatic carbocycles. The van der Waals surface area contributed by atoms with Crippen molar-refractivity contribution >= 4 is 22.7 Å². The number of fused-ring (bicyclic) bond motifs is 1. The summed E-state index contributed by atoms with van der Waals surface area (Å²) in [4.78, 5) is 34.1. The minimum absolute atomic E-state index is 0.0103. The van der Waals surface area contributed by atoms with Crippen molar-refractivity contribution in [1.82, 2.24) is 14.8 Å². The number of hydrogen-bond acceptors (Lipinski definition) is 3. The summed E-state index contributed by atoms with van der Waals surface area (Å²) in [7, 11) is 0. The summed E-state index contributed by atoms with van der Waals surface area (Å²) in [6.45, 7) is 6.62. The zero-order valence-corrected chi connectivity index (χ0v) is 22.4. The quantitative estimate of drug-likeness (QED) is 0.313. The maximum Gasteiger partial charge on any atom is 0.242 e. The van der Waals surface area contributed by atoms with Gasteiger partial charge >= 0.3 is 0 Å². The molecule has 6 nitrogen and oxygen atoms in total. The summed E-state index contributed by atoms with van der Waals surface area (Å²) in [5, 5.41) is 1.19. The van der Waals surface area contributed by atoms with Crippen LogP contribution in [-0.2, 0) is 22.6 Å². The summed E-state index contributed by atoms with van der Waals surface area (Å²) in [6.07, 6.45) is 8.83. The molecule has 1 aliphatic rings. The smallest absolute Gasteiger partial charge is 0.242 e. The molecule has 0 spiro atoms. The van der Waals surface area contributed by atoms with Gasteiger partial charge in [-0.3, -0.25) is 9.59 Å². The Hall–Kier alpha value is -3.28. The highest BCUT2D eigenvalue weighted by atomic mass is 16.5. The Labute approximate surface area is 221 Å². The van der Waals surface area contributed by atoms with Crippen molar-refractivity contribution in [2.45, 2.75) is 65.3 Å². The number of hydrogen-bond donors (Lipinski definition) is 1. The van der Waals surface area contributed by atoms with Crippen molar-refractivity contribution in [3.05, 3.63) is 65.9 Å². The summed E-state index contributed by atoms with van der Waals surface area (Å²) in [5.74, 6) is 1.08. The first kappa shape index (κ1) is 26.8. The van der Waals surface area contributed by atoms with E-state index in [1.54, 1.807) is 0 Å². The van der Waals surface area contributed by atoms with Crippen LogP contribution < -0.4 is 4.74 Å². The molecule has 1 saturated carbocycles. The van der Waals surface area contributed by atoms with E-state index in [-0.39, 0.29) is 24.3 Å². The van der Waals surface area contributed by atoms with Crippen LogP contribution in [0.5, 0.6) is 5.75 Å². The van der Waals surface area contributed by atoms with E-state index in [9.17, 15) is 9.59 Å². The first-order valence-electron chi connectivity index (χ1n) is 13.9. The van der Waals surface area contributed by atoms with E-state index in [1.807, 2.05) is 59.3 Å². The third kappa shape index (κ3) is 7.15. The lowest BCUT2D eigenvalue weighted by Gasteiger charge is -2.29. The Balaban J connectivity index is 1.50. The number of rotatable bonds is 13. The highest BCUT2D eigenvalue weighted by Gasteiger charge is 2.29. The monoisotopic (exact) mass is 503 g/mol. The van der Waals surface area contributed by atoms with Crippen LogP contribution in [0, 0.1) is 5.92 Å². The molecule has 6 heteroatoms. The number of carbonyl (C=O) groups is 2. The molecule has 1 N–H and O–H groups in total. The molecule has 0 atom stereocenters. The van der Waals surface area contributed by atoms with Crippen LogP contribution in [0.2, 0.25) is 0 Å². The highest BCUT2D eigenvalue weighted by molar-refractivity contribution is 5.86. The van der Waals surface area contributed by atoms with Crippen molar-refractivity contribution in [2.75, 3.05) is 26.2 Å². The standard InChI is InChI=1S/C31H41N3O3/c1-3-5-19-34(31(36)25-10-6-7-11-25)23-30(35)33(22-24-14-16-27(17-15-24)37-4-2)20-18-26-21-32-29-13-9-8-12-28(26)29/h8-9,12-17,21,25,32H,3-7,10-11,18-20,22-23H2,1-2H3. The molecule has 1 fully saturated rings. The highest BCUT2D eigenvalue weighted by Crippen LogP contribution is 2.27. The number of H-pyrrole nitrogens is 1. The third-order valence-corrected chi connectivity index (χ3v) is 7.41. The molecule has 0 aliphatic heterocycles. The second kappa shape index (κ2) is 13.3. The predicted octanol–water partition coefficient (Wildman–Crippen LogP) is 5.96. The van der Waals surface area contributed by atoms with Crippen LogP contribution in [-0.4, -0.2) is 52.8 Å². The number of amides is 2. The molecule has 0 radical (unpaired) electrons. The Morgan fingerprint density at radius 1 is 0.973 bits per heavy atom. The van der Waals surface area contributed by atoms with E-state index >= 15 is 0 Å². The van der Waals surface area contributed by atoms with Gasteiger partial charge in [0.05, 0.1) is 13.2 Å². The average Bonchev–Trinajstić information content (AvgIpc) is 3.60. The summed E-state index contributed by atoms with van der Waals surface area (Å²) in [6, 6.07) is 16.2. The van der Waals surface area contributed by atoms with E-state index in [4.69, 9.17) is 4.74 Å². The Morgan fingerprint density at radius 2 is 1.73 bits per heavy atom. The Kier molecular flexibility index (Phi) is 9.64. The van der Waals surface area contributed by atoms with Crippen LogP contribution >= 0.6 is 0 Å². The molecule has 1 heterocycles. The molecule has 1 aromatic heterocycles. The van der Waals surface area contributed by atoms with Crippen LogP contribution in [0.1, 0.15) is 63.5 Å². The molecule has 2 aromatic carbocycles. The van der Waals surface area contributed by atoms with Crippen LogP contribution in [0.15, 0.2) is 54.7 Å². The molecule has 0 bridgehead atoms. The third-order valence-electron chi connectivity index (χ3n) is 7.41. The van der Waals surface area contributed by atoms with Gasteiger partial charge in [-0.1, -0.05) is 56.5 Å². The average molecular weight is 504 g/mol. The van der Waals surface area contributed by atoms with Gasteiger partial charge in [-0.25, -0.2) is 0 Å². The first-order chi connectivity index (χ1) is 18.1. The number of benzene rings is 2. The van der Waals surface area contributed by atoms with Gasteiger partial charge < -0.3 is 19.5 Å². The van der Waals surface area contributed by atoms with Gasteiger partial charge in [0.25, 0.3) is 0 Å². The number of nitrogens with one attached hydrogen (secondary N) is 1. The van der Waals surface area contributed by atoms with Crippen molar-refractivity contribution in [3.8, 4) is 5.75 Å². The zero-order chi connectivity index (χ0) is 26.0.